The molecule has 1 saturated heterocycles. The predicted molar refractivity (Wildman–Crippen MR) is 74.1 cm³/mol. The third kappa shape index (κ3) is 4.29. The minimum absolute atomic E-state index is 0.835. The van der Waals surface area contributed by atoms with Crippen molar-refractivity contribution in [1.82, 2.24) is 5.32 Å². The number of rotatable bonds is 4. The molecule has 1 N–H and O–H groups in total. The fraction of sp³-hybridized carbons (Fsp3) is 1.00. The van der Waals surface area contributed by atoms with E-state index in [1.54, 1.807) is 0 Å². The Labute approximate surface area is 105 Å². The van der Waals surface area contributed by atoms with Gasteiger partial charge in [-0.25, -0.2) is 0 Å². The highest BCUT2D eigenvalue weighted by atomic mass is 32.2. The van der Waals surface area contributed by atoms with Crippen LogP contribution in [0.25, 0.3) is 0 Å². The van der Waals surface area contributed by atoms with Gasteiger partial charge in [0.15, 0.2) is 0 Å². The highest BCUT2D eigenvalue weighted by molar-refractivity contribution is 7.99. The van der Waals surface area contributed by atoms with E-state index in [4.69, 9.17) is 0 Å². The molecule has 0 aromatic carbocycles. The van der Waals surface area contributed by atoms with Gasteiger partial charge in [0.25, 0.3) is 0 Å². The van der Waals surface area contributed by atoms with Crippen LogP contribution in [0.4, 0.5) is 0 Å². The number of nitrogens with one attached hydrogen (secondary N) is 1. The van der Waals surface area contributed by atoms with Crippen LogP contribution in [0.15, 0.2) is 0 Å². The van der Waals surface area contributed by atoms with Crippen molar-refractivity contribution < 1.29 is 0 Å². The molecular weight excluding hydrogens is 214 g/mol. The summed E-state index contributed by atoms with van der Waals surface area (Å²) in [6, 6.07) is 0.835. The van der Waals surface area contributed by atoms with Gasteiger partial charge in [-0.2, -0.15) is 11.8 Å². The van der Waals surface area contributed by atoms with E-state index >= 15 is 0 Å². The smallest absolute Gasteiger partial charge is 0.00827 e. The van der Waals surface area contributed by atoms with Crippen LogP contribution in [0, 0.1) is 11.8 Å². The molecule has 1 heterocycles. The van der Waals surface area contributed by atoms with E-state index in [0.29, 0.717) is 0 Å². The third-order valence-corrected chi connectivity index (χ3v) is 5.30. The molecule has 94 valence electrons. The second kappa shape index (κ2) is 6.90. The van der Waals surface area contributed by atoms with Crippen LogP contribution in [0.3, 0.4) is 0 Å². The Bertz CT molecular complexity index is 189. The zero-order chi connectivity index (χ0) is 11.2. The molecule has 2 heteroatoms. The normalized spacial score (nSPS) is 32.8. The molecule has 1 nitrogen and oxygen atoms in total. The van der Waals surface area contributed by atoms with Gasteiger partial charge in [0.1, 0.15) is 0 Å². The van der Waals surface area contributed by atoms with Crippen LogP contribution in [0.2, 0.25) is 0 Å². The lowest BCUT2D eigenvalue weighted by atomic mass is 9.81. The molecule has 2 fully saturated rings. The van der Waals surface area contributed by atoms with Gasteiger partial charge in [0.2, 0.25) is 0 Å². The third-order valence-electron chi connectivity index (χ3n) is 4.25. The zero-order valence-corrected chi connectivity index (χ0v) is 11.5. The molecule has 0 radical (unpaired) electrons. The summed E-state index contributed by atoms with van der Waals surface area (Å²) >= 11 is 2.12. The quantitative estimate of drug-likeness (QED) is 0.805. The highest BCUT2D eigenvalue weighted by Gasteiger charge is 2.19. The first-order valence-corrected chi connectivity index (χ1v) is 8.31. The molecule has 0 aromatic rings. The van der Waals surface area contributed by atoms with Gasteiger partial charge >= 0.3 is 0 Å². The molecule has 0 aromatic heterocycles. The van der Waals surface area contributed by atoms with E-state index in [2.05, 4.69) is 24.0 Å². The summed E-state index contributed by atoms with van der Waals surface area (Å²) in [5.74, 6) is 4.76. The molecule has 0 spiro atoms. The fourth-order valence-electron chi connectivity index (χ4n) is 3.22. The molecule has 2 atom stereocenters. The van der Waals surface area contributed by atoms with Crippen molar-refractivity contribution >= 4 is 11.8 Å². The van der Waals surface area contributed by atoms with E-state index in [1.165, 1.54) is 63.0 Å². The van der Waals surface area contributed by atoms with E-state index in [9.17, 15) is 0 Å². The molecule has 16 heavy (non-hydrogen) atoms. The summed E-state index contributed by atoms with van der Waals surface area (Å²) in [7, 11) is 0. The Morgan fingerprint density at radius 2 is 1.94 bits per heavy atom. The van der Waals surface area contributed by atoms with Crippen LogP contribution >= 0.6 is 11.8 Å². The fourth-order valence-corrected chi connectivity index (χ4v) is 4.32. The molecule has 0 amide bonds. The average Bonchev–Trinajstić information content (AvgIpc) is 2.30. The number of hydrogen-bond donors (Lipinski definition) is 1. The van der Waals surface area contributed by atoms with Gasteiger partial charge in [-0.1, -0.05) is 26.2 Å². The number of hydrogen-bond acceptors (Lipinski definition) is 2. The molecule has 1 saturated carbocycles. The van der Waals surface area contributed by atoms with Crippen molar-refractivity contribution in [1.29, 1.82) is 0 Å². The summed E-state index contributed by atoms with van der Waals surface area (Å²) in [5.41, 5.74) is 0. The minimum atomic E-state index is 0.835. The second-order valence-corrected chi connectivity index (χ2v) is 6.99. The summed E-state index contributed by atoms with van der Waals surface area (Å²) in [6.45, 7) is 3.70. The summed E-state index contributed by atoms with van der Waals surface area (Å²) in [5, 5.41) is 3.77. The lowest BCUT2D eigenvalue weighted by Crippen LogP contribution is -2.34. The zero-order valence-electron chi connectivity index (χ0n) is 10.7. The van der Waals surface area contributed by atoms with Crippen LogP contribution < -0.4 is 5.32 Å². The molecule has 2 aliphatic rings. The first-order valence-electron chi connectivity index (χ1n) is 7.15. The lowest BCUT2D eigenvalue weighted by Gasteiger charge is -2.28. The van der Waals surface area contributed by atoms with Crippen molar-refractivity contribution in [3.63, 3.8) is 0 Å². The molecule has 2 unspecified atom stereocenters. The largest absolute Gasteiger partial charge is 0.314 e. The van der Waals surface area contributed by atoms with Crippen molar-refractivity contribution in [3.05, 3.63) is 0 Å². The maximum absolute atomic E-state index is 3.77. The Hall–Kier alpha value is 0.310. The molecule has 1 aliphatic carbocycles. The maximum Gasteiger partial charge on any atom is 0.00827 e. The maximum atomic E-state index is 3.77. The Balaban J connectivity index is 1.56. The molecule has 1 aliphatic heterocycles. The van der Waals surface area contributed by atoms with Crippen LogP contribution in [-0.4, -0.2) is 24.1 Å². The average molecular weight is 241 g/mol. The van der Waals surface area contributed by atoms with Crippen LogP contribution in [0.5, 0.6) is 0 Å². The van der Waals surface area contributed by atoms with E-state index < -0.39 is 0 Å². The Morgan fingerprint density at radius 1 is 1.12 bits per heavy atom. The van der Waals surface area contributed by atoms with Crippen molar-refractivity contribution in [2.24, 2.45) is 11.8 Å². The minimum Gasteiger partial charge on any atom is -0.314 e. The topological polar surface area (TPSA) is 12.0 Å². The van der Waals surface area contributed by atoms with Crippen LogP contribution in [0.1, 0.15) is 51.9 Å². The van der Waals surface area contributed by atoms with Gasteiger partial charge < -0.3 is 5.32 Å². The standard InChI is InChI=1S/C14H27NS/c1-12-3-2-4-13(11-12)5-8-15-14-6-9-16-10-7-14/h12-15H,2-11H2,1H3. The lowest BCUT2D eigenvalue weighted by molar-refractivity contribution is 0.264. The summed E-state index contributed by atoms with van der Waals surface area (Å²) in [4.78, 5) is 0. The van der Waals surface area contributed by atoms with Gasteiger partial charge in [-0.3, -0.25) is 0 Å². The van der Waals surface area contributed by atoms with Crippen molar-refractivity contribution in [3.8, 4) is 0 Å². The second-order valence-electron chi connectivity index (χ2n) is 5.77. The van der Waals surface area contributed by atoms with Crippen LogP contribution in [-0.2, 0) is 0 Å². The van der Waals surface area contributed by atoms with E-state index in [1.807, 2.05) is 0 Å². The van der Waals surface area contributed by atoms with E-state index in [-0.39, 0.29) is 0 Å². The summed E-state index contributed by atoms with van der Waals surface area (Å²) < 4.78 is 0. The first-order chi connectivity index (χ1) is 7.84. The Morgan fingerprint density at radius 3 is 2.69 bits per heavy atom. The monoisotopic (exact) mass is 241 g/mol. The molecule has 2 rings (SSSR count). The Kier molecular flexibility index (Phi) is 5.51. The summed E-state index contributed by atoms with van der Waals surface area (Å²) in [6.07, 6.45) is 10.1. The van der Waals surface area contributed by atoms with E-state index in [0.717, 1.165) is 17.9 Å². The van der Waals surface area contributed by atoms with Gasteiger partial charge in [0.05, 0.1) is 0 Å². The van der Waals surface area contributed by atoms with Gasteiger partial charge in [0, 0.05) is 6.04 Å². The molecule has 0 bridgehead atoms. The van der Waals surface area contributed by atoms with Crippen molar-refractivity contribution in [2.45, 2.75) is 57.9 Å². The predicted octanol–water partition coefficient (Wildman–Crippen LogP) is 3.69. The van der Waals surface area contributed by atoms with Crippen molar-refractivity contribution in [2.75, 3.05) is 18.1 Å². The highest BCUT2D eigenvalue weighted by Crippen LogP contribution is 2.30. The number of thioether (sulfide) groups is 1. The van der Waals surface area contributed by atoms with Gasteiger partial charge in [-0.15, -0.1) is 0 Å². The first kappa shape index (κ1) is 12.8. The van der Waals surface area contributed by atoms with Gasteiger partial charge in [-0.05, 0) is 55.6 Å². The molecular formula is C14H27NS. The SMILES string of the molecule is CC1CCCC(CCNC2CCSCC2)C1.